The van der Waals surface area contributed by atoms with Crippen molar-refractivity contribution in [2.24, 2.45) is 0 Å². The molecule has 112 valence electrons. The highest BCUT2D eigenvalue weighted by Crippen LogP contribution is 2.39. The fourth-order valence-electron chi connectivity index (χ4n) is 3.04. The molecule has 0 amide bonds. The molecule has 1 aromatic rings. The van der Waals surface area contributed by atoms with Gasteiger partial charge >= 0.3 is 0 Å². The van der Waals surface area contributed by atoms with Crippen LogP contribution in [0.15, 0.2) is 18.2 Å². The summed E-state index contributed by atoms with van der Waals surface area (Å²) in [6, 6.07) is 6.26. The van der Waals surface area contributed by atoms with E-state index in [1.165, 1.54) is 5.56 Å². The van der Waals surface area contributed by atoms with Crippen molar-refractivity contribution in [2.75, 3.05) is 27.4 Å². The molecule has 4 heteroatoms. The maximum atomic E-state index is 5.85. The van der Waals surface area contributed by atoms with E-state index in [9.17, 15) is 0 Å². The van der Waals surface area contributed by atoms with Gasteiger partial charge in [0.15, 0.2) is 11.5 Å². The van der Waals surface area contributed by atoms with Gasteiger partial charge in [-0.15, -0.1) is 0 Å². The van der Waals surface area contributed by atoms with E-state index < -0.39 is 0 Å². The van der Waals surface area contributed by atoms with Crippen molar-refractivity contribution in [3.8, 4) is 11.5 Å². The maximum Gasteiger partial charge on any atom is 0.161 e. The first-order valence-electron chi connectivity index (χ1n) is 7.32. The second kappa shape index (κ2) is 6.46. The summed E-state index contributed by atoms with van der Waals surface area (Å²) in [5, 5.41) is 3.40. The van der Waals surface area contributed by atoms with Crippen LogP contribution in [-0.2, 0) is 4.74 Å². The van der Waals surface area contributed by atoms with Crippen LogP contribution in [-0.4, -0.2) is 33.0 Å². The third-order valence-electron chi connectivity index (χ3n) is 4.32. The lowest BCUT2D eigenvalue weighted by atomic mass is 9.83. The predicted molar refractivity (Wildman–Crippen MR) is 79.6 cm³/mol. The van der Waals surface area contributed by atoms with Gasteiger partial charge in [-0.05, 0) is 37.6 Å². The minimum Gasteiger partial charge on any atom is -0.486 e. The first kappa shape index (κ1) is 15.1. The molecule has 1 N–H and O–H groups in total. The zero-order valence-electron chi connectivity index (χ0n) is 12.9. The van der Waals surface area contributed by atoms with Crippen LogP contribution in [0.4, 0.5) is 0 Å². The molecule has 1 atom stereocenters. The van der Waals surface area contributed by atoms with E-state index in [1.54, 1.807) is 7.11 Å². The molecule has 20 heavy (non-hydrogen) atoms. The summed E-state index contributed by atoms with van der Waals surface area (Å²) in [5.41, 5.74) is 0.959. The molecule has 0 radical (unpaired) electrons. The molecule has 1 aromatic carbocycles. The molecule has 2 rings (SSSR count). The molecule has 0 saturated heterocycles. The van der Waals surface area contributed by atoms with Gasteiger partial charge in [-0.1, -0.05) is 19.9 Å². The molecule has 0 fully saturated rings. The first-order chi connectivity index (χ1) is 9.70. The molecule has 1 heterocycles. The molecule has 0 bridgehead atoms. The van der Waals surface area contributed by atoms with Gasteiger partial charge in [0.2, 0.25) is 0 Å². The van der Waals surface area contributed by atoms with Crippen LogP contribution in [0.5, 0.6) is 11.5 Å². The molecule has 0 saturated carbocycles. The van der Waals surface area contributed by atoms with Crippen molar-refractivity contribution < 1.29 is 14.2 Å². The summed E-state index contributed by atoms with van der Waals surface area (Å²) in [7, 11) is 3.76. The van der Waals surface area contributed by atoms with Crippen molar-refractivity contribution in [3.63, 3.8) is 0 Å². The highest BCUT2D eigenvalue weighted by molar-refractivity contribution is 5.45. The predicted octanol–water partition coefficient (Wildman–Crippen LogP) is 2.92. The van der Waals surface area contributed by atoms with Gasteiger partial charge in [0.05, 0.1) is 11.6 Å². The third kappa shape index (κ3) is 2.63. The van der Waals surface area contributed by atoms with Crippen LogP contribution >= 0.6 is 0 Å². The van der Waals surface area contributed by atoms with Crippen LogP contribution in [0, 0.1) is 0 Å². The largest absolute Gasteiger partial charge is 0.486 e. The lowest BCUT2D eigenvalue weighted by Crippen LogP contribution is -2.43. The average molecular weight is 279 g/mol. The Labute approximate surface area is 121 Å². The number of likely N-dealkylation sites (N-methyl/N-ethyl adjacent to an activating group) is 1. The quantitative estimate of drug-likeness (QED) is 0.869. The Hall–Kier alpha value is -1.26. The summed E-state index contributed by atoms with van der Waals surface area (Å²) >= 11 is 0. The summed E-state index contributed by atoms with van der Waals surface area (Å²) < 4.78 is 17.1. The summed E-state index contributed by atoms with van der Waals surface area (Å²) in [6.45, 7) is 5.55. The lowest BCUT2D eigenvalue weighted by Gasteiger charge is -2.39. The topological polar surface area (TPSA) is 39.7 Å². The Kier molecular flexibility index (Phi) is 4.89. The minimum atomic E-state index is -0.210. The normalized spacial score (nSPS) is 16.0. The Morgan fingerprint density at radius 3 is 2.40 bits per heavy atom. The van der Waals surface area contributed by atoms with E-state index in [-0.39, 0.29) is 11.6 Å². The summed E-state index contributed by atoms with van der Waals surface area (Å²) in [5.74, 6) is 1.65. The van der Waals surface area contributed by atoms with E-state index in [0.29, 0.717) is 13.2 Å². The molecular formula is C16H25NO3. The van der Waals surface area contributed by atoms with Gasteiger partial charge in [0, 0.05) is 7.11 Å². The Morgan fingerprint density at radius 2 is 1.85 bits per heavy atom. The van der Waals surface area contributed by atoms with Crippen LogP contribution in [0.1, 0.15) is 38.3 Å². The first-order valence-corrected chi connectivity index (χ1v) is 7.32. The second-order valence-corrected chi connectivity index (χ2v) is 5.10. The van der Waals surface area contributed by atoms with Gasteiger partial charge in [0.1, 0.15) is 13.2 Å². The van der Waals surface area contributed by atoms with Crippen molar-refractivity contribution in [1.82, 2.24) is 5.32 Å². The zero-order chi connectivity index (χ0) is 14.6. The SMILES string of the molecule is CCC(CC)(OC)C(NC)c1ccc2c(c1)OCCO2. The zero-order valence-corrected chi connectivity index (χ0v) is 12.9. The van der Waals surface area contributed by atoms with Crippen LogP contribution in [0.25, 0.3) is 0 Å². The number of fused-ring (bicyclic) bond motifs is 1. The van der Waals surface area contributed by atoms with E-state index in [1.807, 2.05) is 13.1 Å². The fourth-order valence-corrected chi connectivity index (χ4v) is 3.04. The molecule has 1 aliphatic heterocycles. The number of ether oxygens (including phenoxy) is 3. The number of hydrogen-bond acceptors (Lipinski definition) is 4. The fraction of sp³-hybridized carbons (Fsp3) is 0.625. The number of rotatable bonds is 6. The number of hydrogen-bond donors (Lipinski definition) is 1. The number of methoxy groups -OCH3 is 1. The van der Waals surface area contributed by atoms with Gasteiger partial charge in [-0.3, -0.25) is 0 Å². The van der Waals surface area contributed by atoms with Crippen molar-refractivity contribution in [1.29, 1.82) is 0 Å². The smallest absolute Gasteiger partial charge is 0.161 e. The molecule has 1 aliphatic rings. The second-order valence-electron chi connectivity index (χ2n) is 5.10. The molecule has 0 aromatic heterocycles. The highest BCUT2D eigenvalue weighted by atomic mass is 16.6. The maximum absolute atomic E-state index is 5.85. The Morgan fingerprint density at radius 1 is 1.20 bits per heavy atom. The minimum absolute atomic E-state index is 0.123. The van der Waals surface area contributed by atoms with Gasteiger partial charge in [-0.25, -0.2) is 0 Å². The molecule has 4 nitrogen and oxygen atoms in total. The Bertz CT molecular complexity index is 435. The van der Waals surface area contributed by atoms with Crippen molar-refractivity contribution >= 4 is 0 Å². The van der Waals surface area contributed by atoms with Crippen LogP contribution < -0.4 is 14.8 Å². The van der Waals surface area contributed by atoms with Gasteiger partial charge in [0.25, 0.3) is 0 Å². The standard InChI is InChI=1S/C16H25NO3/c1-5-16(6-2,18-4)15(17-3)12-7-8-13-14(11-12)20-10-9-19-13/h7-8,11,15,17H,5-6,9-10H2,1-4H3. The van der Waals surface area contributed by atoms with Gasteiger partial charge < -0.3 is 19.5 Å². The van der Waals surface area contributed by atoms with Crippen LogP contribution in [0.3, 0.4) is 0 Å². The van der Waals surface area contributed by atoms with Crippen molar-refractivity contribution in [3.05, 3.63) is 23.8 Å². The molecule has 0 aliphatic carbocycles. The van der Waals surface area contributed by atoms with Crippen molar-refractivity contribution in [2.45, 2.75) is 38.3 Å². The average Bonchev–Trinajstić information content (AvgIpc) is 2.52. The number of nitrogens with one attached hydrogen (secondary N) is 1. The Balaban J connectivity index is 2.36. The highest BCUT2D eigenvalue weighted by Gasteiger charge is 2.36. The van der Waals surface area contributed by atoms with E-state index in [2.05, 4.69) is 31.3 Å². The van der Waals surface area contributed by atoms with E-state index in [4.69, 9.17) is 14.2 Å². The van der Waals surface area contributed by atoms with Crippen LogP contribution in [0.2, 0.25) is 0 Å². The van der Waals surface area contributed by atoms with E-state index >= 15 is 0 Å². The summed E-state index contributed by atoms with van der Waals surface area (Å²) in [6.07, 6.45) is 1.89. The molecule has 1 unspecified atom stereocenters. The summed E-state index contributed by atoms with van der Waals surface area (Å²) in [4.78, 5) is 0. The molecule has 0 spiro atoms. The number of benzene rings is 1. The van der Waals surface area contributed by atoms with Gasteiger partial charge in [-0.2, -0.15) is 0 Å². The monoisotopic (exact) mass is 279 g/mol. The van der Waals surface area contributed by atoms with E-state index in [0.717, 1.165) is 24.3 Å². The molecular weight excluding hydrogens is 254 g/mol. The third-order valence-corrected chi connectivity index (χ3v) is 4.32. The lowest BCUT2D eigenvalue weighted by molar-refractivity contribution is -0.0468.